The highest BCUT2D eigenvalue weighted by Gasteiger charge is 2.28. The molecule has 0 aromatic rings. The van der Waals surface area contributed by atoms with Crippen molar-refractivity contribution in [2.24, 2.45) is 0 Å². The zero-order valence-electron chi connectivity index (χ0n) is 9.43. The van der Waals surface area contributed by atoms with Gasteiger partial charge in [-0.25, -0.2) is 0 Å². The van der Waals surface area contributed by atoms with E-state index < -0.39 is 0 Å². The first kappa shape index (κ1) is 11.9. The summed E-state index contributed by atoms with van der Waals surface area (Å²) in [6.07, 6.45) is 8.18. The lowest BCUT2D eigenvalue weighted by Gasteiger charge is -2.28. The molecule has 0 aromatic carbocycles. The molecule has 0 unspecified atom stereocenters. The van der Waals surface area contributed by atoms with Crippen LogP contribution in [-0.2, 0) is 4.79 Å². The van der Waals surface area contributed by atoms with E-state index in [1.807, 2.05) is 20.1 Å². The van der Waals surface area contributed by atoms with Crippen LogP contribution in [0.2, 0.25) is 0 Å². The van der Waals surface area contributed by atoms with Crippen molar-refractivity contribution in [2.45, 2.75) is 56.7 Å². The van der Waals surface area contributed by atoms with Gasteiger partial charge < -0.3 is 5.32 Å². The quantitative estimate of drug-likeness (QED) is 0.784. The summed E-state index contributed by atoms with van der Waals surface area (Å²) in [4.78, 5) is 11.8. The fourth-order valence-corrected chi connectivity index (χ4v) is 1.94. The Hall–Kier alpha value is -0.180. The lowest BCUT2D eigenvalue weighted by molar-refractivity contribution is -0.123. The molecule has 1 rings (SSSR count). The normalized spacial score (nSPS) is 19.4. The van der Waals surface area contributed by atoms with Crippen molar-refractivity contribution >= 4 is 17.7 Å². The Bertz CT molecular complexity index is 197. The molecule has 1 aliphatic carbocycles. The van der Waals surface area contributed by atoms with Crippen LogP contribution in [0.15, 0.2) is 0 Å². The van der Waals surface area contributed by atoms with E-state index in [0.29, 0.717) is 6.04 Å². The van der Waals surface area contributed by atoms with E-state index in [0.717, 1.165) is 12.8 Å². The number of hydrogen-bond acceptors (Lipinski definition) is 2. The predicted molar refractivity (Wildman–Crippen MR) is 62.6 cm³/mol. The van der Waals surface area contributed by atoms with E-state index >= 15 is 0 Å². The van der Waals surface area contributed by atoms with Crippen LogP contribution in [0, 0.1) is 0 Å². The van der Waals surface area contributed by atoms with Crippen LogP contribution >= 0.6 is 11.8 Å². The number of amides is 1. The fourth-order valence-electron chi connectivity index (χ4n) is 1.70. The second kappa shape index (κ2) is 5.06. The molecule has 0 radical (unpaired) electrons. The number of carbonyl (C=O) groups is 1. The first-order valence-electron chi connectivity index (χ1n) is 5.42. The largest absolute Gasteiger partial charge is 0.352 e. The summed E-state index contributed by atoms with van der Waals surface area (Å²) in [7, 11) is 0. The monoisotopic (exact) mass is 215 g/mol. The Morgan fingerprint density at radius 1 is 1.29 bits per heavy atom. The van der Waals surface area contributed by atoms with Crippen LogP contribution < -0.4 is 5.32 Å². The lowest BCUT2D eigenvalue weighted by Crippen LogP contribution is -2.45. The molecule has 1 amide bonds. The minimum absolute atomic E-state index is 0.192. The molecule has 0 atom stereocenters. The molecule has 3 heteroatoms. The first-order chi connectivity index (χ1) is 6.56. The summed E-state index contributed by atoms with van der Waals surface area (Å²) >= 11 is 1.61. The first-order valence-corrected chi connectivity index (χ1v) is 6.65. The van der Waals surface area contributed by atoms with E-state index in [4.69, 9.17) is 0 Å². The van der Waals surface area contributed by atoms with Gasteiger partial charge in [0.15, 0.2) is 0 Å². The minimum Gasteiger partial charge on any atom is -0.352 e. The number of hydrogen-bond donors (Lipinski definition) is 1. The van der Waals surface area contributed by atoms with E-state index in [-0.39, 0.29) is 10.7 Å². The molecular formula is C11H21NOS. The molecule has 1 aliphatic rings. The Balaban J connectivity index is 2.39. The van der Waals surface area contributed by atoms with E-state index in [9.17, 15) is 4.79 Å². The zero-order chi connectivity index (χ0) is 10.6. The van der Waals surface area contributed by atoms with Crippen LogP contribution in [0.4, 0.5) is 0 Å². The van der Waals surface area contributed by atoms with Crippen molar-refractivity contribution in [3.63, 3.8) is 0 Å². The predicted octanol–water partition coefficient (Wildman–Crippen LogP) is 2.58. The second-order valence-corrected chi connectivity index (χ2v) is 5.95. The third-order valence-corrected chi connectivity index (χ3v) is 4.20. The van der Waals surface area contributed by atoms with Gasteiger partial charge in [0.25, 0.3) is 0 Å². The smallest absolute Gasteiger partial charge is 0.235 e. The summed E-state index contributed by atoms with van der Waals surface area (Å²) in [5, 5.41) is 3.15. The van der Waals surface area contributed by atoms with Gasteiger partial charge in [-0.3, -0.25) is 4.79 Å². The number of thioether (sulfide) groups is 1. The topological polar surface area (TPSA) is 29.1 Å². The number of carbonyl (C=O) groups excluding carboxylic acids is 1. The molecular weight excluding hydrogens is 194 g/mol. The van der Waals surface area contributed by atoms with Crippen molar-refractivity contribution < 1.29 is 4.79 Å². The van der Waals surface area contributed by atoms with Gasteiger partial charge in [-0.05, 0) is 32.9 Å². The van der Waals surface area contributed by atoms with Crippen molar-refractivity contribution in [2.75, 3.05) is 6.26 Å². The average molecular weight is 215 g/mol. The summed E-state index contributed by atoms with van der Waals surface area (Å²) in [5.41, 5.74) is 0. The molecule has 2 nitrogen and oxygen atoms in total. The third kappa shape index (κ3) is 3.19. The van der Waals surface area contributed by atoms with Crippen LogP contribution in [0.5, 0.6) is 0 Å². The standard InChI is InChI=1S/C11H21NOS/c1-11(2,14-3)10(13)12-9-7-5-4-6-8-9/h9H,4-8H2,1-3H3,(H,12,13). The van der Waals surface area contributed by atoms with Gasteiger partial charge in [0, 0.05) is 6.04 Å². The number of nitrogens with one attached hydrogen (secondary N) is 1. The third-order valence-electron chi connectivity index (χ3n) is 3.00. The molecule has 0 heterocycles. The van der Waals surface area contributed by atoms with Crippen molar-refractivity contribution in [3.8, 4) is 0 Å². The molecule has 0 saturated heterocycles. The summed E-state index contributed by atoms with van der Waals surface area (Å²) in [5.74, 6) is 0.192. The molecule has 0 aliphatic heterocycles. The van der Waals surface area contributed by atoms with Gasteiger partial charge >= 0.3 is 0 Å². The van der Waals surface area contributed by atoms with Gasteiger partial charge in [-0.2, -0.15) is 0 Å². The molecule has 0 spiro atoms. The van der Waals surface area contributed by atoms with Crippen molar-refractivity contribution in [1.82, 2.24) is 5.32 Å². The zero-order valence-corrected chi connectivity index (χ0v) is 10.2. The Morgan fingerprint density at radius 2 is 1.86 bits per heavy atom. The Kier molecular flexibility index (Phi) is 4.30. The van der Waals surface area contributed by atoms with E-state index in [1.165, 1.54) is 19.3 Å². The fraction of sp³-hybridized carbons (Fsp3) is 0.909. The van der Waals surface area contributed by atoms with Crippen LogP contribution in [0.25, 0.3) is 0 Å². The molecule has 1 fully saturated rings. The van der Waals surface area contributed by atoms with Crippen LogP contribution in [0.1, 0.15) is 46.0 Å². The summed E-state index contributed by atoms with van der Waals surface area (Å²) in [6.45, 7) is 3.96. The van der Waals surface area contributed by atoms with Crippen LogP contribution in [-0.4, -0.2) is 23.0 Å². The summed E-state index contributed by atoms with van der Waals surface area (Å²) < 4.78 is -0.280. The van der Waals surface area contributed by atoms with Gasteiger partial charge in [0.05, 0.1) is 4.75 Å². The SMILES string of the molecule is CSC(C)(C)C(=O)NC1CCCCC1. The molecule has 0 aromatic heterocycles. The maximum atomic E-state index is 11.8. The highest BCUT2D eigenvalue weighted by atomic mass is 32.2. The van der Waals surface area contributed by atoms with Crippen molar-refractivity contribution in [3.05, 3.63) is 0 Å². The average Bonchev–Trinajstić information content (AvgIpc) is 2.19. The van der Waals surface area contributed by atoms with Crippen molar-refractivity contribution in [1.29, 1.82) is 0 Å². The maximum absolute atomic E-state index is 11.8. The second-order valence-electron chi connectivity index (χ2n) is 4.52. The van der Waals surface area contributed by atoms with Gasteiger partial charge in [-0.1, -0.05) is 19.3 Å². The minimum atomic E-state index is -0.280. The van der Waals surface area contributed by atoms with E-state index in [1.54, 1.807) is 11.8 Å². The number of rotatable bonds is 3. The Labute approximate surface area is 91.2 Å². The lowest BCUT2D eigenvalue weighted by atomic mass is 9.95. The van der Waals surface area contributed by atoms with E-state index in [2.05, 4.69) is 5.32 Å². The Morgan fingerprint density at radius 3 is 2.36 bits per heavy atom. The molecule has 14 heavy (non-hydrogen) atoms. The van der Waals surface area contributed by atoms with Gasteiger partial charge in [0.1, 0.15) is 0 Å². The molecule has 1 N–H and O–H groups in total. The highest BCUT2D eigenvalue weighted by molar-refractivity contribution is 8.00. The molecule has 82 valence electrons. The van der Waals surface area contributed by atoms with Gasteiger partial charge in [0.2, 0.25) is 5.91 Å². The summed E-state index contributed by atoms with van der Waals surface area (Å²) in [6, 6.07) is 0.433. The molecule has 0 bridgehead atoms. The highest BCUT2D eigenvalue weighted by Crippen LogP contribution is 2.23. The van der Waals surface area contributed by atoms with Gasteiger partial charge in [-0.15, -0.1) is 11.8 Å². The maximum Gasteiger partial charge on any atom is 0.235 e. The van der Waals surface area contributed by atoms with Crippen LogP contribution in [0.3, 0.4) is 0 Å². The molecule has 1 saturated carbocycles.